The second kappa shape index (κ2) is 7.40. The number of nitrogens with one attached hydrogen (secondary N) is 3. The monoisotopic (exact) mass is 306 g/mol. The molecule has 0 unspecified atom stereocenters. The number of hydrogen-bond donors (Lipinski definition) is 4. The fourth-order valence-corrected chi connectivity index (χ4v) is 2.72. The van der Waals surface area contributed by atoms with Gasteiger partial charge in [-0.15, -0.1) is 0 Å². The molecule has 0 aliphatic heterocycles. The predicted molar refractivity (Wildman–Crippen MR) is 88.0 cm³/mol. The van der Waals surface area contributed by atoms with Gasteiger partial charge in [0.2, 0.25) is 5.95 Å². The summed E-state index contributed by atoms with van der Waals surface area (Å²) in [6.07, 6.45) is 5.94. The minimum Gasteiger partial charge on any atom is -0.367 e. The molecule has 7 heteroatoms. The normalized spacial score (nSPS) is 21.6. The molecule has 7 nitrogen and oxygen atoms in total. The van der Waals surface area contributed by atoms with Gasteiger partial charge in [-0.3, -0.25) is 4.79 Å². The first-order valence-corrected chi connectivity index (χ1v) is 7.86. The Morgan fingerprint density at radius 3 is 2.45 bits per heavy atom. The topological polar surface area (TPSA) is 105 Å². The van der Waals surface area contributed by atoms with Crippen molar-refractivity contribution in [3.63, 3.8) is 0 Å². The molecule has 1 aliphatic carbocycles. The van der Waals surface area contributed by atoms with E-state index in [2.05, 4.69) is 25.9 Å². The average Bonchev–Trinajstić information content (AvgIpc) is 2.47. The van der Waals surface area contributed by atoms with E-state index in [9.17, 15) is 4.79 Å². The molecule has 0 spiro atoms. The second-order valence-corrected chi connectivity index (χ2v) is 6.10. The number of anilines is 2. The highest BCUT2D eigenvalue weighted by Gasteiger charge is 2.21. The Hall–Kier alpha value is -1.89. The summed E-state index contributed by atoms with van der Waals surface area (Å²) in [6, 6.07) is 1.14. The molecule has 0 atom stereocenters. The summed E-state index contributed by atoms with van der Waals surface area (Å²) < 4.78 is 0. The Morgan fingerprint density at radius 1 is 1.27 bits per heavy atom. The number of rotatable bonds is 6. The van der Waals surface area contributed by atoms with Crippen LogP contribution in [0.1, 0.15) is 49.9 Å². The van der Waals surface area contributed by atoms with Gasteiger partial charge in [0.25, 0.3) is 5.91 Å². The van der Waals surface area contributed by atoms with Crippen LogP contribution in [0.25, 0.3) is 0 Å². The number of nitrogens with zero attached hydrogens (tertiary/aromatic N) is 2. The summed E-state index contributed by atoms with van der Waals surface area (Å²) in [4.78, 5) is 20.1. The van der Waals surface area contributed by atoms with Gasteiger partial charge >= 0.3 is 0 Å². The molecular formula is C15H26N6O. The molecule has 22 heavy (non-hydrogen) atoms. The van der Waals surface area contributed by atoms with Gasteiger partial charge in [0.05, 0.1) is 5.56 Å². The molecule has 0 saturated heterocycles. The smallest absolute Gasteiger partial charge is 0.254 e. The van der Waals surface area contributed by atoms with Gasteiger partial charge in [-0.2, -0.15) is 4.98 Å². The lowest BCUT2D eigenvalue weighted by Gasteiger charge is -2.29. The lowest BCUT2D eigenvalue weighted by molar-refractivity contribution is 0.100. The third kappa shape index (κ3) is 4.30. The number of nitrogens with two attached hydrogens (primary N) is 1. The van der Waals surface area contributed by atoms with Crippen LogP contribution in [0.5, 0.6) is 0 Å². The van der Waals surface area contributed by atoms with Gasteiger partial charge < -0.3 is 21.7 Å². The van der Waals surface area contributed by atoms with E-state index in [1.807, 2.05) is 20.9 Å². The van der Waals surface area contributed by atoms with E-state index in [1.54, 1.807) is 0 Å². The highest BCUT2D eigenvalue weighted by Crippen LogP contribution is 2.22. The quantitative estimate of drug-likeness (QED) is 0.632. The highest BCUT2D eigenvalue weighted by atomic mass is 16.1. The Kier molecular flexibility index (Phi) is 5.54. The number of carbonyl (C=O) groups is 1. The molecule has 1 saturated carbocycles. The number of aromatic nitrogens is 2. The van der Waals surface area contributed by atoms with Crippen molar-refractivity contribution in [2.45, 2.75) is 57.7 Å². The molecule has 1 aromatic heterocycles. The minimum absolute atomic E-state index is 0.159. The summed E-state index contributed by atoms with van der Waals surface area (Å²) >= 11 is 0. The van der Waals surface area contributed by atoms with E-state index in [4.69, 9.17) is 5.73 Å². The van der Waals surface area contributed by atoms with Crippen molar-refractivity contribution in [1.82, 2.24) is 15.3 Å². The lowest BCUT2D eigenvalue weighted by atomic mass is 9.91. The van der Waals surface area contributed by atoms with E-state index >= 15 is 0 Å². The molecule has 1 fully saturated rings. The van der Waals surface area contributed by atoms with Gasteiger partial charge in [-0.05, 0) is 46.6 Å². The number of amides is 1. The molecule has 5 N–H and O–H groups in total. The maximum absolute atomic E-state index is 11.4. The zero-order valence-electron chi connectivity index (χ0n) is 13.5. The van der Waals surface area contributed by atoms with Gasteiger partial charge in [0, 0.05) is 24.3 Å². The molecule has 2 rings (SSSR count). The molecule has 122 valence electrons. The summed E-state index contributed by atoms with van der Waals surface area (Å²) in [7, 11) is 2.01. The zero-order valence-corrected chi connectivity index (χ0v) is 13.5. The van der Waals surface area contributed by atoms with Crippen molar-refractivity contribution in [3.8, 4) is 0 Å². The fourth-order valence-electron chi connectivity index (χ4n) is 2.72. The maximum Gasteiger partial charge on any atom is 0.254 e. The van der Waals surface area contributed by atoms with Crippen LogP contribution in [0.15, 0.2) is 6.20 Å². The van der Waals surface area contributed by atoms with E-state index in [0.29, 0.717) is 29.4 Å². The summed E-state index contributed by atoms with van der Waals surface area (Å²) in [6.45, 7) is 3.97. The minimum atomic E-state index is -0.524. The predicted octanol–water partition coefficient (Wildman–Crippen LogP) is 1.34. The highest BCUT2D eigenvalue weighted by molar-refractivity contribution is 5.97. The molecular weight excluding hydrogens is 280 g/mol. The third-order valence-electron chi connectivity index (χ3n) is 3.95. The Balaban J connectivity index is 2.07. The van der Waals surface area contributed by atoms with Crippen molar-refractivity contribution < 1.29 is 4.79 Å². The van der Waals surface area contributed by atoms with E-state index in [-0.39, 0.29) is 6.04 Å². The van der Waals surface area contributed by atoms with Gasteiger partial charge in [-0.1, -0.05) is 0 Å². The van der Waals surface area contributed by atoms with Crippen LogP contribution < -0.4 is 21.7 Å². The SMILES string of the molecule is CN[C@H]1CC[C@H](Nc2ncc(C(N)=O)c(NC(C)C)n2)CC1. The van der Waals surface area contributed by atoms with Crippen LogP contribution in [0, 0.1) is 0 Å². The van der Waals surface area contributed by atoms with Crippen LogP contribution in [-0.2, 0) is 0 Å². The molecule has 0 bridgehead atoms. The van der Waals surface area contributed by atoms with Gasteiger partial charge in [0.1, 0.15) is 5.82 Å². The first kappa shape index (κ1) is 16.5. The fraction of sp³-hybridized carbons (Fsp3) is 0.667. The standard InChI is InChI=1S/C15H26N6O/c1-9(2)19-14-12(13(16)22)8-18-15(21-14)20-11-6-4-10(17-3)5-7-11/h8-11,17H,4-7H2,1-3H3,(H2,16,22)(H2,18,19,20,21)/t10-,11-. The van der Waals surface area contributed by atoms with Crippen LogP contribution in [0.2, 0.25) is 0 Å². The second-order valence-electron chi connectivity index (χ2n) is 6.10. The van der Waals surface area contributed by atoms with Crippen LogP contribution in [0.3, 0.4) is 0 Å². The van der Waals surface area contributed by atoms with Crippen molar-refractivity contribution in [1.29, 1.82) is 0 Å². The Labute approximate surface area is 131 Å². The number of hydrogen-bond acceptors (Lipinski definition) is 6. The third-order valence-corrected chi connectivity index (χ3v) is 3.95. The summed E-state index contributed by atoms with van der Waals surface area (Å²) in [5, 5.41) is 9.83. The van der Waals surface area contributed by atoms with Crippen molar-refractivity contribution >= 4 is 17.7 Å². The van der Waals surface area contributed by atoms with Crippen LogP contribution >= 0.6 is 0 Å². The van der Waals surface area contributed by atoms with Crippen molar-refractivity contribution in [2.24, 2.45) is 5.73 Å². The van der Waals surface area contributed by atoms with E-state index < -0.39 is 5.91 Å². The maximum atomic E-state index is 11.4. The van der Waals surface area contributed by atoms with Crippen LogP contribution in [0.4, 0.5) is 11.8 Å². The number of primary amides is 1. The van der Waals surface area contributed by atoms with Crippen molar-refractivity contribution in [2.75, 3.05) is 17.7 Å². The average molecular weight is 306 g/mol. The van der Waals surface area contributed by atoms with Crippen molar-refractivity contribution in [3.05, 3.63) is 11.8 Å². The summed E-state index contributed by atoms with van der Waals surface area (Å²) in [5.74, 6) is 0.509. The first-order valence-electron chi connectivity index (χ1n) is 7.86. The molecule has 1 aromatic rings. The van der Waals surface area contributed by atoms with E-state index in [1.165, 1.54) is 6.20 Å². The molecule has 0 radical (unpaired) electrons. The molecule has 0 aromatic carbocycles. The summed E-state index contributed by atoms with van der Waals surface area (Å²) in [5.41, 5.74) is 5.69. The molecule has 1 amide bonds. The van der Waals surface area contributed by atoms with Gasteiger partial charge in [0.15, 0.2) is 0 Å². The number of carbonyl (C=O) groups excluding carboxylic acids is 1. The molecule has 1 aliphatic rings. The zero-order chi connectivity index (χ0) is 16.1. The van der Waals surface area contributed by atoms with Crippen LogP contribution in [-0.4, -0.2) is 41.0 Å². The first-order chi connectivity index (χ1) is 10.5. The largest absolute Gasteiger partial charge is 0.367 e. The Bertz CT molecular complexity index is 511. The Morgan fingerprint density at radius 2 is 1.91 bits per heavy atom. The molecule has 1 heterocycles. The lowest BCUT2D eigenvalue weighted by Crippen LogP contribution is -2.35. The van der Waals surface area contributed by atoms with Gasteiger partial charge in [-0.25, -0.2) is 4.98 Å². The van der Waals surface area contributed by atoms with E-state index in [0.717, 1.165) is 25.7 Å².